The van der Waals surface area contributed by atoms with Crippen molar-refractivity contribution < 1.29 is 14.3 Å². The summed E-state index contributed by atoms with van der Waals surface area (Å²) < 4.78 is 7.51. The monoisotopic (exact) mass is 320 g/mol. The van der Waals surface area contributed by atoms with Crippen LogP contribution in [-0.2, 0) is 20.9 Å². The summed E-state index contributed by atoms with van der Waals surface area (Å²) in [4.78, 5) is 28.8. The maximum atomic E-state index is 12.6. The normalized spacial score (nSPS) is 32.7. The Hall–Kier alpha value is -2.03. The van der Waals surface area contributed by atoms with Gasteiger partial charge in [0.1, 0.15) is 12.9 Å². The minimum atomic E-state index is -0.623. The maximum absolute atomic E-state index is 12.6. The average Bonchev–Trinajstić information content (AvgIpc) is 3.22. The molecule has 1 spiro atoms. The molecular formula is C14H20N6O3. The second-order valence-electron chi connectivity index (χ2n) is 6.80. The number of likely N-dealkylation sites (tertiary alicyclic amines) is 1. The van der Waals surface area contributed by atoms with Gasteiger partial charge in [-0.05, 0) is 16.3 Å². The van der Waals surface area contributed by atoms with E-state index in [1.807, 2.05) is 4.90 Å². The Morgan fingerprint density at radius 3 is 3.04 bits per heavy atom. The molecule has 0 radical (unpaired) electrons. The Labute approximate surface area is 133 Å². The predicted octanol–water partition coefficient (Wildman–Crippen LogP) is -0.743. The highest BCUT2D eigenvalue weighted by Crippen LogP contribution is 2.48. The van der Waals surface area contributed by atoms with Gasteiger partial charge in [-0.3, -0.25) is 9.59 Å². The molecule has 23 heavy (non-hydrogen) atoms. The van der Waals surface area contributed by atoms with E-state index in [0.29, 0.717) is 31.9 Å². The van der Waals surface area contributed by atoms with Crippen LogP contribution in [0.3, 0.4) is 0 Å². The number of aromatic nitrogens is 4. The van der Waals surface area contributed by atoms with Crippen molar-refractivity contribution in [3.63, 3.8) is 0 Å². The summed E-state index contributed by atoms with van der Waals surface area (Å²) in [5.74, 6) is 0.347. The Bertz CT molecular complexity index is 632. The minimum Gasteiger partial charge on any atom is -0.351 e. The molecule has 0 N–H and O–H groups in total. The lowest BCUT2D eigenvalue weighted by molar-refractivity contribution is -0.142. The summed E-state index contributed by atoms with van der Waals surface area (Å²) in [5, 5.41) is 10.8. The van der Waals surface area contributed by atoms with E-state index in [4.69, 9.17) is 4.74 Å². The average molecular weight is 320 g/mol. The number of carbonyl (C=O) groups is 2. The molecular weight excluding hydrogens is 300 g/mol. The number of tetrazole rings is 1. The van der Waals surface area contributed by atoms with Crippen molar-refractivity contribution in [1.29, 1.82) is 0 Å². The van der Waals surface area contributed by atoms with E-state index in [1.165, 1.54) is 11.0 Å². The number of nitrogens with zero attached hydrogens (tertiary/aromatic N) is 6. The molecule has 124 valence electrons. The van der Waals surface area contributed by atoms with E-state index in [0.717, 1.165) is 0 Å². The summed E-state index contributed by atoms with van der Waals surface area (Å²) in [6.45, 7) is 5.43. The van der Waals surface area contributed by atoms with E-state index < -0.39 is 5.72 Å². The van der Waals surface area contributed by atoms with Crippen LogP contribution in [0, 0.1) is 5.92 Å². The topological polar surface area (TPSA) is 93.5 Å². The summed E-state index contributed by atoms with van der Waals surface area (Å²) in [6.07, 6.45) is 2.43. The molecule has 1 aromatic rings. The van der Waals surface area contributed by atoms with Crippen LogP contribution >= 0.6 is 0 Å². The Kier molecular flexibility index (Phi) is 3.15. The lowest BCUT2D eigenvalue weighted by atomic mass is 10.0. The van der Waals surface area contributed by atoms with Crippen LogP contribution in [0.25, 0.3) is 0 Å². The van der Waals surface area contributed by atoms with E-state index in [9.17, 15) is 9.59 Å². The van der Waals surface area contributed by atoms with Crippen LogP contribution in [-0.4, -0.2) is 72.8 Å². The fourth-order valence-electron chi connectivity index (χ4n) is 4.15. The van der Waals surface area contributed by atoms with Gasteiger partial charge in [-0.25, -0.2) is 4.68 Å². The third-order valence-electron chi connectivity index (χ3n) is 5.27. The number of rotatable bonds is 3. The lowest BCUT2D eigenvalue weighted by Gasteiger charge is -2.34. The number of ether oxygens (including phenoxy) is 1. The van der Waals surface area contributed by atoms with Crippen LogP contribution in [0.5, 0.6) is 0 Å². The van der Waals surface area contributed by atoms with Crippen LogP contribution in [0.4, 0.5) is 0 Å². The van der Waals surface area contributed by atoms with Gasteiger partial charge in [0.2, 0.25) is 11.8 Å². The summed E-state index contributed by atoms with van der Waals surface area (Å²) in [5.41, 5.74) is -0.623. The Morgan fingerprint density at radius 1 is 1.52 bits per heavy atom. The number of hydrogen-bond acceptors (Lipinski definition) is 6. The van der Waals surface area contributed by atoms with E-state index in [1.54, 1.807) is 4.90 Å². The van der Waals surface area contributed by atoms with Gasteiger partial charge in [0.15, 0.2) is 5.72 Å². The third kappa shape index (κ3) is 1.99. The quantitative estimate of drug-likeness (QED) is 0.728. The predicted molar refractivity (Wildman–Crippen MR) is 76.7 cm³/mol. The van der Waals surface area contributed by atoms with Gasteiger partial charge in [-0.1, -0.05) is 13.8 Å². The molecule has 3 aliphatic heterocycles. The van der Waals surface area contributed by atoms with E-state index in [2.05, 4.69) is 29.4 Å². The van der Waals surface area contributed by atoms with Gasteiger partial charge in [-0.15, -0.1) is 5.10 Å². The van der Waals surface area contributed by atoms with Gasteiger partial charge in [0.05, 0.1) is 25.1 Å². The summed E-state index contributed by atoms with van der Waals surface area (Å²) >= 11 is 0. The van der Waals surface area contributed by atoms with Crippen molar-refractivity contribution in [2.45, 2.75) is 51.0 Å². The number of carbonyl (C=O) groups excluding carboxylic acids is 2. The van der Waals surface area contributed by atoms with Crippen LogP contribution in [0.15, 0.2) is 6.33 Å². The first-order chi connectivity index (χ1) is 11.0. The first kappa shape index (κ1) is 14.6. The zero-order valence-corrected chi connectivity index (χ0v) is 13.3. The second kappa shape index (κ2) is 4.98. The molecule has 0 aromatic carbocycles. The molecule has 0 aliphatic carbocycles. The molecule has 0 saturated carbocycles. The van der Waals surface area contributed by atoms with Crippen molar-refractivity contribution in [3.05, 3.63) is 6.33 Å². The third-order valence-corrected chi connectivity index (χ3v) is 5.27. The zero-order chi connectivity index (χ0) is 16.2. The molecule has 2 amide bonds. The molecule has 1 aromatic heterocycles. The van der Waals surface area contributed by atoms with Crippen molar-refractivity contribution in [3.8, 4) is 0 Å². The second-order valence-corrected chi connectivity index (χ2v) is 6.80. The first-order valence-electron chi connectivity index (χ1n) is 7.99. The molecule has 3 atom stereocenters. The van der Waals surface area contributed by atoms with Gasteiger partial charge >= 0.3 is 0 Å². The molecule has 9 nitrogen and oxygen atoms in total. The van der Waals surface area contributed by atoms with Crippen LogP contribution < -0.4 is 0 Å². The summed E-state index contributed by atoms with van der Waals surface area (Å²) in [6, 6.07) is -0.107. The van der Waals surface area contributed by atoms with Gasteiger partial charge < -0.3 is 14.5 Å². The zero-order valence-electron chi connectivity index (χ0n) is 13.3. The SMILES string of the molecule is CC(C)[C@@H]1CO[C@@]23CCN(C(=O)Cn4cnnn4)[C@@H]2CC(=O)N13. The molecule has 9 heteroatoms. The fraction of sp³-hybridized carbons (Fsp3) is 0.786. The van der Waals surface area contributed by atoms with Crippen molar-refractivity contribution in [2.24, 2.45) is 5.92 Å². The smallest absolute Gasteiger partial charge is 0.244 e. The maximum Gasteiger partial charge on any atom is 0.244 e. The van der Waals surface area contributed by atoms with Crippen LogP contribution in [0.1, 0.15) is 26.7 Å². The highest BCUT2D eigenvalue weighted by atomic mass is 16.5. The summed E-state index contributed by atoms with van der Waals surface area (Å²) in [7, 11) is 0. The molecule has 4 rings (SSSR count). The highest BCUT2D eigenvalue weighted by Gasteiger charge is 2.65. The van der Waals surface area contributed by atoms with E-state index in [-0.39, 0.29) is 30.4 Å². The molecule has 3 fully saturated rings. The number of hydrogen-bond donors (Lipinski definition) is 0. The lowest BCUT2D eigenvalue weighted by Crippen LogP contribution is -2.51. The fourth-order valence-corrected chi connectivity index (χ4v) is 4.15. The standard InChI is InChI=1S/C14H20N6O3/c1-9(2)10-7-23-14-3-4-19(11(14)5-12(21)20(10)14)13(22)6-18-8-15-16-17-18/h8-11H,3-7H2,1-2H3/t10-,11+,14-/m0/s1. The van der Waals surface area contributed by atoms with Crippen LogP contribution in [0.2, 0.25) is 0 Å². The molecule has 0 unspecified atom stereocenters. The van der Waals surface area contributed by atoms with Gasteiger partial charge in [-0.2, -0.15) is 0 Å². The highest BCUT2D eigenvalue weighted by molar-refractivity contribution is 5.85. The van der Waals surface area contributed by atoms with E-state index >= 15 is 0 Å². The Balaban J connectivity index is 1.57. The molecule has 3 aliphatic rings. The van der Waals surface area contributed by atoms with Gasteiger partial charge in [0, 0.05) is 13.0 Å². The first-order valence-corrected chi connectivity index (χ1v) is 7.99. The largest absolute Gasteiger partial charge is 0.351 e. The molecule has 0 bridgehead atoms. The van der Waals surface area contributed by atoms with Gasteiger partial charge in [0.25, 0.3) is 0 Å². The van der Waals surface area contributed by atoms with Crippen molar-refractivity contribution in [1.82, 2.24) is 30.0 Å². The number of amides is 2. The minimum absolute atomic E-state index is 0.0783. The molecule has 4 heterocycles. The molecule has 3 saturated heterocycles. The van der Waals surface area contributed by atoms with Crippen molar-refractivity contribution >= 4 is 11.8 Å². The Morgan fingerprint density at radius 2 is 2.35 bits per heavy atom. The van der Waals surface area contributed by atoms with Crippen molar-refractivity contribution in [2.75, 3.05) is 13.2 Å².